The van der Waals surface area contributed by atoms with Crippen molar-refractivity contribution in [2.24, 2.45) is 0 Å². The fraction of sp³-hybridized carbons (Fsp3) is 0.318. The highest BCUT2D eigenvalue weighted by atomic mass is 35.5. The molecule has 32 heavy (non-hydrogen) atoms. The lowest BCUT2D eigenvalue weighted by Crippen LogP contribution is -2.32. The van der Waals surface area contributed by atoms with Gasteiger partial charge in [-0.2, -0.15) is 0 Å². The summed E-state index contributed by atoms with van der Waals surface area (Å²) in [4.78, 5) is 11.9. The average Bonchev–Trinajstić information content (AvgIpc) is 3.21. The zero-order valence-corrected chi connectivity index (χ0v) is 18.7. The summed E-state index contributed by atoms with van der Waals surface area (Å²) in [6.45, 7) is 6.23. The highest BCUT2D eigenvalue weighted by Crippen LogP contribution is 2.34. The molecule has 3 rings (SSSR count). The number of benzene rings is 2. The minimum absolute atomic E-state index is 0.0318. The lowest BCUT2D eigenvalue weighted by atomic mass is 10.1. The van der Waals surface area contributed by atoms with Gasteiger partial charge >= 0.3 is 0 Å². The second-order valence-corrected chi connectivity index (χ2v) is 7.38. The number of nitrogen functional groups attached to an aromatic ring is 1. The number of rotatable bonds is 11. The Hall–Kier alpha value is -3.30. The van der Waals surface area contributed by atoms with Crippen molar-refractivity contribution in [3.8, 4) is 11.5 Å². The van der Waals surface area contributed by atoms with Gasteiger partial charge in [-0.1, -0.05) is 35.9 Å². The molecule has 0 radical (unpaired) electrons. The number of nitrogens with one attached hydrogen (secondary N) is 2. The third-order valence-corrected chi connectivity index (χ3v) is 5.04. The summed E-state index contributed by atoms with van der Waals surface area (Å²) in [5.41, 5.74) is 8.58. The van der Waals surface area contributed by atoms with Crippen LogP contribution in [0.2, 0.25) is 5.02 Å². The summed E-state index contributed by atoms with van der Waals surface area (Å²) in [5.74, 6) is 0.729. The fourth-order valence-electron chi connectivity index (χ4n) is 2.95. The SMILES string of the molecule is CCOc1cc(CNCCNC(=O)c2nonc2N)c(Cl)cc1OCc1ccccc1C. The van der Waals surface area contributed by atoms with Gasteiger partial charge in [0.25, 0.3) is 5.91 Å². The van der Waals surface area contributed by atoms with Gasteiger partial charge in [0.2, 0.25) is 11.5 Å². The molecule has 0 unspecified atom stereocenters. The minimum Gasteiger partial charge on any atom is -0.490 e. The van der Waals surface area contributed by atoms with E-state index in [1.54, 1.807) is 6.07 Å². The van der Waals surface area contributed by atoms with E-state index in [0.29, 0.717) is 49.4 Å². The zero-order chi connectivity index (χ0) is 22.9. The third kappa shape index (κ3) is 6.12. The first-order valence-electron chi connectivity index (χ1n) is 10.2. The predicted octanol–water partition coefficient (Wildman–Crippen LogP) is 3.11. The van der Waals surface area contributed by atoms with Gasteiger partial charge in [-0.25, -0.2) is 4.63 Å². The molecule has 0 spiro atoms. The van der Waals surface area contributed by atoms with E-state index in [0.717, 1.165) is 16.7 Å². The maximum Gasteiger partial charge on any atom is 0.277 e. The quantitative estimate of drug-likeness (QED) is 0.373. The van der Waals surface area contributed by atoms with Crippen molar-refractivity contribution in [1.29, 1.82) is 0 Å². The highest BCUT2D eigenvalue weighted by molar-refractivity contribution is 6.31. The van der Waals surface area contributed by atoms with Crippen LogP contribution in [0.15, 0.2) is 41.0 Å². The molecule has 170 valence electrons. The molecule has 1 heterocycles. The number of aryl methyl sites for hydroxylation is 1. The van der Waals surface area contributed by atoms with E-state index in [9.17, 15) is 4.79 Å². The first kappa shape index (κ1) is 23.4. The molecule has 2 aromatic carbocycles. The number of carbonyl (C=O) groups is 1. The van der Waals surface area contributed by atoms with E-state index >= 15 is 0 Å². The number of anilines is 1. The van der Waals surface area contributed by atoms with Crippen LogP contribution in [-0.2, 0) is 13.2 Å². The first-order valence-corrected chi connectivity index (χ1v) is 10.6. The summed E-state index contributed by atoms with van der Waals surface area (Å²) < 4.78 is 16.2. The largest absolute Gasteiger partial charge is 0.490 e. The number of halogens is 1. The number of nitrogens with two attached hydrogens (primary N) is 1. The van der Waals surface area contributed by atoms with Gasteiger partial charge < -0.3 is 25.8 Å². The molecule has 0 fully saturated rings. The molecule has 9 nitrogen and oxygen atoms in total. The zero-order valence-electron chi connectivity index (χ0n) is 18.0. The van der Waals surface area contributed by atoms with Crippen LogP contribution in [0.4, 0.5) is 5.82 Å². The molecular weight excluding hydrogens is 434 g/mol. The maximum absolute atomic E-state index is 11.9. The summed E-state index contributed by atoms with van der Waals surface area (Å²) in [6, 6.07) is 11.7. The molecular formula is C22H26ClN5O4. The minimum atomic E-state index is -0.447. The van der Waals surface area contributed by atoms with Crippen LogP contribution >= 0.6 is 11.6 Å². The molecule has 10 heteroatoms. The van der Waals surface area contributed by atoms with Gasteiger partial charge in [-0.3, -0.25) is 4.79 Å². The van der Waals surface area contributed by atoms with Gasteiger partial charge in [-0.15, -0.1) is 0 Å². The van der Waals surface area contributed by atoms with Crippen molar-refractivity contribution in [2.75, 3.05) is 25.4 Å². The Labute approximate surface area is 191 Å². The average molecular weight is 460 g/mol. The Bertz CT molecular complexity index is 1060. The Morgan fingerprint density at radius 3 is 2.62 bits per heavy atom. The second-order valence-electron chi connectivity index (χ2n) is 6.97. The monoisotopic (exact) mass is 459 g/mol. The van der Waals surface area contributed by atoms with E-state index in [1.165, 1.54) is 0 Å². The summed E-state index contributed by atoms with van der Waals surface area (Å²) >= 11 is 6.48. The molecule has 0 aliphatic rings. The van der Waals surface area contributed by atoms with E-state index in [4.69, 9.17) is 26.8 Å². The Kier molecular flexibility index (Phi) is 8.29. The number of aromatic nitrogens is 2. The molecule has 0 saturated heterocycles. The van der Waals surface area contributed by atoms with Crippen LogP contribution in [-0.4, -0.2) is 35.9 Å². The standard InChI is InChI=1S/C22H26ClN5O4/c1-3-30-18-10-16(12-25-8-9-26-22(29)20-21(24)28-32-27-20)17(23)11-19(18)31-13-15-7-5-4-6-14(15)2/h4-7,10-11,25H,3,8-9,12-13H2,1-2H3,(H2,24,28)(H,26,29). The maximum atomic E-state index is 11.9. The van der Waals surface area contributed by atoms with Crippen molar-refractivity contribution in [3.05, 3.63) is 63.8 Å². The van der Waals surface area contributed by atoms with Crippen molar-refractivity contribution >= 4 is 23.3 Å². The molecule has 3 aromatic rings. The molecule has 0 atom stereocenters. The Morgan fingerprint density at radius 1 is 1.12 bits per heavy atom. The van der Waals surface area contributed by atoms with Crippen LogP contribution in [0.25, 0.3) is 0 Å². The first-order chi connectivity index (χ1) is 15.5. The van der Waals surface area contributed by atoms with Crippen molar-refractivity contribution in [1.82, 2.24) is 20.9 Å². The van der Waals surface area contributed by atoms with Gasteiger partial charge in [0.05, 0.1) is 6.61 Å². The summed E-state index contributed by atoms with van der Waals surface area (Å²) in [6.07, 6.45) is 0. The molecule has 0 aliphatic heterocycles. The third-order valence-electron chi connectivity index (χ3n) is 4.69. The summed E-state index contributed by atoms with van der Waals surface area (Å²) in [7, 11) is 0. The lowest BCUT2D eigenvalue weighted by Gasteiger charge is -2.16. The topological polar surface area (TPSA) is 125 Å². The fourth-order valence-corrected chi connectivity index (χ4v) is 3.17. The number of amides is 1. The Morgan fingerprint density at radius 2 is 1.91 bits per heavy atom. The number of hydrogen-bond acceptors (Lipinski definition) is 8. The van der Waals surface area contributed by atoms with Gasteiger partial charge in [-0.05, 0) is 46.9 Å². The molecule has 0 bridgehead atoms. The summed E-state index contributed by atoms with van der Waals surface area (Å²) in [5, 5.41) is 13.3. The second kappa shape index (κ2) is 11.4. The lowest BCUT2D eigenvalue weighted by molar-refractivity contribution is 0.0944. The van der Waals surface area contributed by atoms with Crippen LogP contribution in [0.1, 0.15) is 34.1 Å². The number of ether oxygens (including phenoxy) is 2. The molecule has 1 amide bonds. The van der Waals surface area contributed by atoms with Crippen molar-refractivity contribution < 1.29 is 18.9 Å². The van der Waals surface area contributed by atoms with Gasteiger partial charge in [0, 0.05) is 30.7 Å². The Balaban J connectivity index is 1.55. The smallest absolute Gasteiger partial charge is 0.277 e. The van der Waals surface area contributed by atoms with Gasteiger partial charge in [0.15, 0.2) is 11.5 Å². The normalized spacial score (nSPS) is 10.7. The van der Waals surface area contributed by atoms with Crippen molar-refractivity contribution in [2.45, 2.75) is 27.0 Å². The molecule has 4 N–H and O–H groups in total. The van der Waals surface area contributed by atoms with Crippen LogP contribution < -0.4 is 25.8 Å². The van der Waals surface area contributed by atoms with Gasteiger partial charge in [0.1, 0.15) is 6.61 Å². The van der Waals surface area contributed by atoms with E-state index < -0.39 is 5.91 Å². The van der Waals surface area contributed by atoms with E-state index in [1.807, 2.05) is 44.2 Å². The van der Waals surface area contributed by atoms with E-state index in [2.05, 4.69) is 25.6 Å². The van der Waals surface area contributed by atoms with Crippen LogP contribution in [0, 0.1) is 6.92 Å². The van der Waals surface area contributed by atoms with Crippen LogP contribution in [0.3, 0.4) is 0 Å². The van der Waals surface area contributed by atoms with Crippen molar-refractivity contribution in [3.63, 3.8) is 0 Å². The molecule has 1 aromatic heterocycles. The molecule has 0 aliphatic carbocycles. The number of hydrogen-bond donors (Lipinski definition) is 3. The van der Waals surface area contributed by atoms with Crippen LogP contribution in [0.5, 0.6) is 11.5 Å². The highest BCUT2D eigenvalue weighted by Gasteiger charge is 2.15. The predicted molar refractivity (Wildman–Crippen MR) is 121 cm³/mol. The number of nitrogens with zero attached hydrogens (tertiary/aromatic N) is 2. The number of carbonyl (C=O) groups excluding carboxylic acids is 1. The van der Waals surface area contributed by atoms with E-state index in [-0.39, 0.29) is 11.5 Å². The molecule has 0 saturated carbocycles.